The predicted molar refractivity (Wildman–Crippen MR) is 107 cm³/mol. The van der Waals surface area contributed by atoms with E-state index in [9.17, 15) is 4.79 Å². The number of rotatable bonds is 6. The molecule has 5 nitrogen and oxygen atoms in total. The van der Waals surface area contributed by atoms with Crippen molar-refractivity contribution in [2.75, 3.05) is 11.9 Å². The van der Waals surface area contributed by atoms with Crippen LogP contribution in [-0.4, -0.2) is 17.7 Å². The summed E-state index contributed by atoms with van der Waals surface area (Å²) >= 11 is 6.79. The van der Waals surface area contributed by atoms with Crippen LogP contribution in [0.3, 0.4) is 0 Å². The Kier molecular flexibility index (Phi) is 6.04. The summed E-state index contributed by atoms with van der Waals surface area (Å²) in [5.41, 5.74) is 1.50. The molecule has 0 atom stereocenters. The minimum Gasteiger partial charge on any atom is -0.467 e. The number of hydrogen-bond acceptors (Lipinski definition) is 5. The van der Waals surface area contributed by atoms with Gasteiger partial charge < -0.3 is 19.8 Å². The van der Waals surface area contributed by atoms with E-state index in [0.717, 1.165) is 16.2 Å². The summed E-state index contributed by atoms with van der Waals surface area (Å²) in [6.45, 7) is 2.56. The molecule has 0 fully saturated rings. The molecule has 0 aliphatic rings. The molecule has 2 N–H and O–H groups in total. The van der Waals surface area contributed by atoms with Crippen LogP contribution >= 0.6 is 23.6 Å². The molecule has 0 saturated carbocycles. The summed E-state index contributed by atoms with van der Waals surface area (Å²) in [5.74, 6) is 0.401. The Morgan fingerprint density at radius 3 is 2.73 bits per heavy atom. The normalized spacial score (nSPS) is 10.3. The van der Waals surface area contributed by atoms with Gasteiger partial charge in [0.15, 0.2) is 5.11 Å². The summed E-state index contributed by atoms with van der Waals surface area (Å²) < 4.78 is 10.4. The molecule has 0 amide bonds. The fourth-order valence-corrected chi connectivity index (χ4v) is 3.61. The Morgan fingerprint density at radius 2 is 2.04 bits per heavy atom. The highest BCUT2D eigenvalue weighted by Crippen LogP contribution is 2.35. The summed E-state index contributed by atoms with van der Waals surface area (Å²) in [4.78, 5) is 13.3. The Bertz CT molecular complexity index is 874. The van der Waals surface area contributed by atoms with Crippen molar-refractivity contribution < 1.29 is 13.9 Å². The molecule has 2 aromatic heterocycles. The van der Waals surface area contributed by atoms with Crippen molar-refractivity contribution in [1.82, 2.24) is 5.32 Å². The lowest BCUT2D eigenvalue weighted by Crippen LogP contribution is -2.28. The molecule has 26 heavy (non-hydrogen) atoms. The fraction of sp³-hybridized carbons (Fsp3) is 0.158. The highest BCUT2D eigenvalue weighted by Gasteiger charge is 2.19. The summed E-state index contributed by atoms with van der Waals surface area (Å²) in [5, 5.41) is 7.22. The van der Waals surface area contributed by atoms with E-state index < -0.39 is 0 Å². The van der Waals surface area contributed by atoms with Gasteiger partial charge in [-0.15, -0.1) is 11.3 Å². The minimum absolute atomic E-state index is 0.315. The van der Waals surface area contributed by atoms with Gasteiger partial charge in [0.25, 0.3) is 0 Å². The van der Waals surface area contributed by atoms with Crippen LogP contribution in [0, 0.1) is 0 Å². The van der Waals surface area contributed by atoms with E-state index in [0.29, 0.717) is 28.8 Å². The lowest BCUT2D eigenvalue weighted by molar-refractivity contribution is 0.0528. The average molecular weight is 386 g/mol. The number of thiophene rings is 1. The summed E-state index contributed by atoms with van der Waals surface area (Å²) in [7, 11) is 0. The molecule has 0 aliphatic carbocycles. The zero-order valence-corrected chi connectivity index (χ0v) is 15.8. The van der Waals surface area contributed by atoms with Gasteiger partial charge in [0, 0.05) is 4.88 Å². The number of esters is 1. The Labute approximate surface area is 161 Å². The van der Waals surface area contributed by atoms with E-state index in [4.69, 9.17) is 21.4 Å². The number of carbonyl (C=O) groups is 1. The van der Waals surface area contributed by atoms with Gasteiger partial charge in [-0.25, -0.2) is 4.79 Å². The van der Waals surface area contributed by atoms with E-state index in [2.05, 4.69) is 10.6 Å². The average Bonchev–Trinajstić information content (AvgIpc) is 3.31. The summed E-state index contributed by atoms with van der Waals surface area (Å²) in [6, 6.07) is 15.4. The Balaban J connectivity index is 1.78. The second-order valence-corrected chi connectivity index (χ2v) is 6.79. The number of thiocarbonyl (C=S) groups is 1. The maximum atomic E-state index is 12.3. The van der Waals surface area contributed by atoms with Gasteiger partial charge in [-0.3, -0.25) is 0 Å². The van der Waals surface area contributed by atoms with Crippen molar-refractivity contribution in [2.45, 2.75) is 13.5 Å². The molecule has 3 aromatic rings. The van der Waals surface area contributed by atoms with Crippen LogP contribution in [0.25, 0.3) is 10.4 Å². The van der Waals surface area contributed by atoms with Crippen LogP contribution in [-0.2, 0) is 11.3 Å². The molecule has 1 aromatic carbocycles. The van der Waals surface area contributed by atoms with Gasteiger partial charge in [-0.2, -0.15) is 0 Å². The van der Waals surface area contributed by atoms with E-state index >= 15 is 0 Å². The first-order valence-corrected chi connectivity index (χ1v) is 9.33. The number of ether oxygens (including phenoxy) is 1. The minimum atomic E-state index is -0.373. The van der Waals surface area contributed by atoms with Crippen molar-refractivity contribution >= 4 is 39.6 Å². The third-order valence-electron chi connectivity index (χ3n) is 3.52. The van der Waals surface area contributed by atoms with Crippen molar-refractivity contribution in [3.05, 3.63) is 66.1 Å². The smallest absolute Gasteiger partial charge is 0.341 e. The van der Waals surface area contributed by atoms with E-state index in [-0.39, 0.29) is 5.97 Å². The van der Waals surface area contributed by atoms with Gasteiger partial charge >= 0.3 is 5.97 Å². The largest absolute Gasteiger partial charge is 0.467 e. The van der Waals surface area contributed by atoms with Crippen LogP contribution in [0.5, 0.6) is 0 Å². The second-order valence-electron chi connectivity index (χ2n) is 5.33. The van der Waals surface area contributed by atoms with Crippen molar-refractivity contribution in [3.8, 4) is 10.4 Å². The zero-order chi connectivity index (χ0) is 18.4. The van der Waals surface area contributed by atoms with Gasteiger partial charge in [0.05, 0.1) is 25.0 Å². The molecule has 0 radical (unpaired) electrons. The van der Waals surface area contributed by atoms with E-state index in [1.54, 1.807) is 13.2 Å². The van der Waals surface area contributed by atoms with Gasteiger partial charge in [-0.1, -0.05) is 30.3 Å². The molecule has 0 spiro atoms. The monoisotopic (exact) mass is 386 g/mol. The molecule has 134 valence electrons. The standard InChI is InChI=1S/C19H18N2O3S2/c1-2-23-18(22)15-11-16(13-7-4-3-5-8-13)26-17(15)21-19(25)20-12-14-9-6-10-24-14/h3-11H,2,12H2,1H3,(H2,20,21,25). The van der Waals surface area contributed by atoms with Crippen LogP contribution in [0.15, 0.2) is 59.2 Å². The molecule has 0 saturated heterocycles. The lowest BCUT2D eigenvalue weighted by Gasteiger charge is -2.09. The SMILES string of the molecule is CCOC(=O)c1cc(-c2ccccc2)sc1NC(=S)NCc1ccco1. The van der Waals surface area contributed by atoms with E-state index in [1.165, 1.54) is 11.3 Å². The third kappa shape index (κ3) is 4.50. The molecule has 2 heterocycles. The molecular formula is C19H18N2O3S2. The summed E-state index contributed by atoms with van der Waals surface area (Å²) in [6.07, 6.45) is 1.61. The van der Waals surface area contributed by atoms with Crippen LogP contribution in [0.4, 0.5) is 5.00 Å². The molecule has 3 rings (SSSR count). The number of benzene rings is 1. The maximum Gasteiger partial charge on any atom is 0.341 e. The number of anilines is 1. The highest BCUT2D eigenvalue weighted by atomic mass is 32.1. The number of furan rings is 1. The number of nitrogens with one attached hydrogen (secondary N) is 2. The Hall–Kier alpha value is -2.64. The lowest BCUT2D eigenvalue weighted by atomic mass is 10.1. The Morgan fingerprint density at radius 1 is 1.23 bits per heavy atom. The fourth-order valence-electron chi connectivity index (χ4n) is 2.32. The van der Waals surface area contributed by atoms with Gasteiger partial charge in [0.2, 0.25) is 0 Å². The zero-order valence-electron chi connectivity index (χ0n) is 14.2. The van der Waals surface area contributed by atoms with Crippen LogP contribution in [0.1, 0.15) is 23.0 Å². The van der Waals surface area contributed by atoms with E-state index in [1.807, 2.05) is 48.5 Å². The van der Waals surface area contributed by atoms with Crippen LogP contribution in [0.2, 0.25) is 0 Å². The quantitative estimate of drug-likeness (QED) is 0.474. The number of carbonyl (C=O) groups excluding carboxylic acids is 1. The molecule has 0 aliphatic heterocycles. The van der Waals surface area contributed by atoms with Gasteiger partial charge in [-0.05, 0) is 42.9 Å². The topological polar surface area (TPSA) is 63.5 Å². The third-order valence-corrected chi connectivity index (χ3v) is 4.86. The first-order chi connectivity index (χ1) is 12.7. The highest BCUT2D eigenvalue weighted by molar-refractivity contribution is 7.80. The van der Waals surface area contributed by atoms with Crippen molar-refractivity contribution in [3.63, 3.8) is 0 Å². The number of hydrogen-bond donors (Lipinski definition) is 2. The maximum absolute atomic E-state index is 12.3. The van der Waals surface area contributed by atoms with Crippen molar-refractivity contribution in [1.29, 1.82) is 0 Å². The predicted octanol–water partition coefficient (Wildman–Crippen LogP) is 4.67. The molecule has 0 unspecified atom stereocenters. The molecular weight excluding hydrogens is 368 g/mol. The van der Waals surface area contributed by atoms with Crippen molar-refractivity contribution in [2.24, 2.45) is 0 Å². The van der Waals surface area contributed by atoms with Crippen LogP contribution < -0.4 is 10.6 Å². The second kappa shape index (κ2) is 8.64. The first kappa shape index (κ1) is 18.2. The molecule has 0 bridgehead atoms. The first-order valence-electron chi connectivity index (χ1n) is 8.11. The molecule has 7 heteroatoms. The van der Waals surface area contributed by atoms with Gasteiger partial charge in [0.1, 0.15) is 10.8 Å².